The molecular weight excluding hydrogens is 330 g/mol. The molecule has 24 heavy (non-hydrogen) atoms. The maximum Gasteiger partial charge on any atom is 0.330 e. The molecule has 0 fully saturated rings. The topological polar surface area (TPSA) is 94.9 Å². The number of nitrogens with zero attached hydrogens (tertiary/aromatic N) is 1. The fourth-order valence-electron chi connectivity index (χ4n) is 2.43. The molecule has 1 atom stereocenters. The second-order valence-corrected chi connectivity index (χ2v) is 6.06. The van der Waals surface area contributed by atoms with E-state index in [1.807, 2.05) is 30.3 Å². The van der Waals surface area contributed by atoms with E-state index in [-0.39, 0.29) is 13.0 Å². The normalized spacial score (nSPS) is 13.4. The molecule has 0 aliphatic carbocycles. The minimum absolute atomic E-state index is 0.00782. The first-order valence-corrected chi connectivity index (χ1v) is 8.40. The van der Waals surface area contributed by atoms with Crippen molar-refractivity contribution in [3.8, 4) is 0 Å². The molecule has 0 spiro atoms. The van der Waals surface area contributed by atoms with E-state index in [1.165, 1.54) is 17.8 Å². The summed E-state index contributed by atoms with van der Waals surface area (Å²) in [6.45, 7) is 3.30. The van der Waals surface area contributed by atoms with Crippen LogP contribution in [0.15, 0.2) is 46.7 Å². The maximum atomic E-state index is 12.4. The molecule has 0 saturated heterocycles. The molecule has 7 heteroatoms. The van der Waals surface area contributed by atoms with Crippen molar-refractivity contribution >= 4 is 29.6 Å². The van der Waals surface area contributed by atoms with Crippen LogP contribution in [0, 0.1) is 0 Å². The van der Waals surface area contributed by atoms with E-state index in [0.29, 0.717) is 0 Å². The molecule has 2 N–H and O–H groups in total. The lowest BCUT2D eigenvalue weighted by Crippen LogP contribution is -2.57. The molecule has 130 valence electrons. The zero-order valence-corrected chi connectivity index (χ0v) is 14.5. The Labute approximate surface area is 145 Å². The second kappa shape index (κ2) is 9.12. The number of hydrogen-bond donors (Lipinski definition) is 2. The summed E-state index contributed by atoms with van der Waals surface area (Å²) in [6, 6.07) is 9.39. The Balaban J connectivity index is 2.97. The first kappa shape index (κ1) is 19.8. The summed E-state index contributed by atoms with van der Waals surface area (Å²) in [5, 5.41) is 20.2. The number of benzene rings is 1. The fraction of sp³-hybridized carbons (Fsp3) is 0.353. The number of carboxylic acid groups (broad SMARTS) is 2. The number of hydrogen-bond acceptors (Lipinski definition) is 4. The van der Waals surface area contributed by atoms with Crippen molar-refractivity contribution in [1.29, 1.82) is 0 Å². The summed E-state index contributed by atoms with van der Waals surface area (Å²) in [7, 11) is 0. The largest absolute Gasteiger partial charge is 0.481 e. The molecule has 0 bridgehead atoms. The van der Waals surface area contributed by atoms with Gasteiger partial charge < -0.3 is 15.1 Å². The third-order valence-corrected chi connectivity index (χ3v) is 4.50. The van der Waals surface area contributed by atoms with Gasteiger partial charge in [-0.15, -0.1) is 0 Å². The lowest BCUT2D eigenvalue weighted by molar-refractivity contribution is -0.163. The van der Waals surface area contributed by atoms with E-state index < -0.39 is 29.8 Å². The Bertz CT molecular complexity index is 617. The molecule has 0 heterocycles. The lowest BCUT2D eigenvalue weighted by Gasteiger charge is -2.38. The highest BCUT2D eigenvalue weighted by atomic mass is 32.2. The van der Waals surface area contributed by atoms with Gasteiger partial charge in [-0.1, -0.05) is 36.9 Å². The number of amides is 1. The molecule has 1 amide bonds. The predicted octanol–water partition coefficient (Wildman–Crippen LogP) is 2.85. The van der Waals surface area contributed by atoms with E-state index in [9.17, 15) is 19.5 Å². The van der Waals surface area contributed by atoms with Crippen LogP contribution in [0.2, 0.25) is 0 Å². The number of likely N-dealkylation sites (N-methyl/N-ethyl adjacent to an activating group) is 1. The Hall–Kier alpha value is -2.28. The van der Waals surface area contributed by atoms with Crippen molar-refractivity contribution in [2.45, 2.75) is 37.1 Å². The van der Waals surface area contributed by atoms with E-state index >= 15 is 0 Å². The van der Waals surface area contributed by atoms with Gasteiger partial charge in [-0.2, -0.15) is 0 Å². The number of carbonyl (C=O) groups excluding carboxylic acids is 1. The van der Waals surface area contributed by atoms with Gasteiger partial charge in [0.05, 0.1) is 6.42 Å². The summed E-state index contributed by atoms with van der Waals surface area (Å²) >= 11 is 1.33. The number of carboxylic acids is 2. The molecule has 0 aliphatic heterocycles. The van der Waals surface area contributed by atoms with Crippen molar-refractivity contribution in [2.75, 3.05) is 6.54 Å². The van der Waals surface area contributed by atoms with Gasteiger partial charge in [0.2, 0.25) is 5.91 Å². The van der Waals surface area contributed by atoms with Crippen LogP contribution in [0.4, 0.5) is 0 Å². The molecule has 1 rings (SSSR count). The molecule has 1 aromatic rings. The summed E-state index contributed by atoms with van der Waals surface area (Å²) in [6.07, 6.45) is 0.641. The fourth-order valence-corrected chi connectivity index (χ4v) is 3.09. The molecular formula is C17H21NO5S. The minimum atomic E-state index is -1.75. The SMILES string of the molecule is CCN(C(=O)/C=C/Sc1ccccc1)[C@@](CC)(CC(=O)O)C(=O)O. The second-order valence-electron chi connectivity index (χ2n) is 5.08. The van der Waals surface area contributed by atoms with Crippen molar-refractivity contribution in [3.05, 3.63) is 41.8 Å². The minimum Gasteiger partial charge on any atom is -0.481 e. The molecule has 0 aromatic heterocycles. The average Bonchev–Trinajstić information content (AvgIpc) is 2.54. The molecule has 0 saturated carbocycles. The smallest absolute Gasteiger partial charge is 0.330 e. The van der Waals surface area contributed by atoms with Crippen LogP contribution in [0.1, 0.15) is 26.7 Å². The van der Waals surface area contributed by atoms with Crippen LogP contribution in [0.5, 0.6) is 0 Å². The van der Waals surface area contributed by atoms with Gasteiger partial charge in [0.1, 0.15) is 0 Å². The van der Waals surface area contributed by atoms with E-state index in [0.717, 1.165) is 9.80 Å². The van der Waals surface area contributed by atoms with Crippen LogP contribution >= 0.6 is 11.8 Å². The average molecular weight is 351 g/mol. The Morgan fingerprint density at radius 3 is 2.25 bits per heavy atom. The van der Waals surface area contributed by atoms with Crippen molar-refractivity contribution < 1.29 is 24.6 Å². The zero-order valence-electron chi connectivity index (χ0n) is 13.6. The van der Waals surface area contributed by atoms with Crippen LogP contribution in [0.25, 0.3) is 0 Å². The number of rotatable bonds is 9. The van der Waals surface area contributed by atoms with Crippen LogP contribution in [0.3, 0.4) is 0 Å². The summed E-state index contributed by atoms with van der Waals surface area (Å²) in [5.41, 5.74) is -1.75. The third-order valence-electron chi connectivity index (χ3n) is 3.68. The molecule has 1 aromatic carbocycles. The van der Waals surface area contributed by atoms with E-state index in [1.54, 1.807) is 19.3 Å². The highest BCUT2D eigenvalue weighted by Gasteiger charge is 2.45. The van der Waals surface area contributed by atoms with E-state index in [2.05, 4.69) is 0 Å². The van der Waals surface area contributed by atoms with Gasteiger partial charge in [0.15, 0.2) is 5.54 Å². The Morgan fingerprint density at radius 1 is 1.17 bits per heavy atom. The molecule has 0 radical (unpaired) electrons. The van der Waals surface area contributed by atoms with Gasteiger partial charge in [-0.25, -0.2) is 4.79 Å². The molecule has 6 nitrogen and oxygen atoms in total. The van der Waals surface area contributed by atoms with Gasteiger partial charge in [0.25, 0.3) is 0 Å². The summed E-state index contributed by atoms with van der Waals surface area (Å²) in [4.78, 5) is 37.3. The highest BCUT2D eigenvalue weighted by molar-refractivity contribution is 8.02. The number of carbonyl (C=O) groups is 3. The quantitative estimate of drug-likeness (QED) is 0.525. The van der Waals surface area contributed by atoms with Gasteiger partial charge in [-0.3, -0.25) is 9.59 Å². The molecule has 0 aliphatic rings. The van der Waals surface area contributed by atoms with Crippen molar-refractivity contribution in [2.24, 2.45) is 0 Å². The Morgan fingerprint density at radius 2 is 1.79 bits per heavy atom. The lowest BCUT2D eigenvalue weighted by atomic mass is 9.89. The zero-order chi connectivity index (χ0) is 18.2. The van der Waals surface area contributed by atoms with Crippen LogP contribution < -0.4 is 0 Å². The van der Waals surface area contributed by atoms with E-state index in [4.69, 9.17) is 5.11 Å². The first-order chi connectivity index (χ1) is 11.4. The van der Waals surface area contributed by atoms with Crippen molar-refractivity contribution in [1.82, 2.24) is 4.90 Å². The third kappa shape index (κ3) is 4.86. The maximum absolute atomic E-state index is 12.4. The van der Waals surface area contributed by atoms with Gasteiger partial charge >= 0.3 is 11.9 Å². The highest BCUT2D eigenvalue weighted by Crippen LogP contribution is 2.26. The Kier molecular flexibility index (Phi) is 7.51. The van der Waals surface area contributed by atoms with Gasteiger partial charge in [-0.05, 0) is 30.9 Å². The van der Waals surface area contributed by atoms with Crippen LogP contribution in [-0.2, 0) is 14.4 Å². The predicted molar refractivity (Wildman–Crippen MR) is 91.7 cm³/mol. The van der Waals surface area contributed by atoms with Crippen LogP contribution in [-0.4, -0.2) is 45.0 Å². The number of thioether (sulfide) groups is 1. The monoisotopic (exact) mass is 351 g/mol. The number of aliphatic carboxylic acids is 2. The van der Waals surface area contributed by atoms with Crippen molar-refractivity contribution in [3.63, 3.8) is 0 Å². The summed E-state index contributed by atoms with van der Waals surface area (Å²) < 4.78 is 0. The standard InChI is InChI=1S/C17H21NO5S/c1-3-17(16(22)23,12-15(20)21)18(4-2)14(19)10-11-24-13-8-6-5-7-9-13/h5-11H,3-4,12H2,1-2H3,(H,20,21)(H,22,23)/b11-10+/t17-/m0/s1. The van der Waals surface area contributed by atoms with Gasteiger partial charge in [0, 0.05) is 17.5 Å². The summed E-state index contributed by atoms with van der Waals surface area (Å²) in [5.74, 6) is -3.09. The molecule has 0 unspecified atom stereocenters. The first-order valence-electron chi connectivity index (χ1n) is 7.52.